The molecule has 0 unspecified atom stereocenters. The van der Waals surface area contributed by atoms with Gasteiger partial charge in [-0.25, -0.2) is 4.98 Å². The zero-order chi connectivity index (χ0) is 18.5. The van der Waals surface area contributed by atoms with E-state index >= 15 is 0 Å². The van der Waals surface area contributed by atoms with Crippen molar-refractivity contribution in [1.82, 2.24) is 9.55 Å². The fourth-order valence-electron chi connectivity index (χ4n) is 2.89. The van der Waals surface area contributed by atoms with Crippen LogP contribution in [0, 0.1) is 6.92 Å². The Bertz CT molecular complexity index is 995. The van der Waals surface area contributed by atoms with Crippen molar-refractivity contribution in [2.75, 3.05) is 12.4 Å². The van der Waals surface area contributed by atoms with Crippen LogP contribution >= 0.6 is 0 Å². The maximum atomic E-state index is 12.6. The second-order valence-electron chi connectivity index (χ2n) is 6.02. The highest BCUT2D eigenvalue weighted by Gasteiger charge is 2.11. The van der Waals surface area contributed by atoms with Gasteiger partial charge in [0.25, 0.3) is 5.56 Å². The van der Waals surface area contributed by atoms with Crippen LogP contribution in [-0.4, -0.2) is 22.6 Å². The molecule has 1 aromatic heterocycles. The molecule has 0 aliphatic heterocycles. The maximum absolute atomic E-state index is 12.6. The number of carbonyl (C=O) groups is 1. The van der Waals surface area contributed by atoms with Crippen molar-refractivity contribution in [1.29, 1.82) is 0 Å². The highest BCUT2D eigenvalue weighted by atomic mass is 16.5. The number of hydrogen-bond donors (Lipinski definition) is 1. The number of anilines is 1. The fourth-order valence-corrected chi connectivity index (χ4v) is 2.89. The SMILES string of the molecule is COCc1ccccc1NC(=O)CCn1c(C)nc2ccccc2c1=O. The lowest BCUT2D eigenvalue weighted by atomic mass is 10.2. The summed E-state index contributed by atoms with van der Waals surface area (Å²) in [5.74, 6) is 0.439. The Balaban J connectivity index is 1.74. The monoisotopic (exact) mass is 351 g/mol. The summed E-state index contributed by atoms with van der Waals surface area (Å²) in [5.41, 5.74) is 2.18. The van der Waals surface area contributed by atoms with E-state index in [4.69, 9.17) is 4.74 Å². The maximum Gasteiger partial charge on any atom is 0.261 e. The molecule has 0 aliphatic carbocycles. The number of hydrogen-bond acceptors (Lipinski definition) is 4. The molecule has 0 spiro atoms. The summed E-state index contributed by atoms with van der Waals surface area (Å²) in [5, 5.41) is 3.45. The molecule has 0 aliphatic rings. The largest absolute Gasteiger partial charge is 0.380 e. The first-order valence-electron chi connectivity index (χ1n) is 8.43. The number of nitrogens with one attached hydrogen (secondary N) is 1. The summed E-state index contributed by atoms with van der Waals surface area (Å²) in [6, 6.07) is 14.7. The average molecular weight is 351 g/mol. The van der Waals surface area contributed by atoms with Crippen LogP contribution in [0.4, 0.5) is 5.69 Å². The zero-order valence-electron chi connectivity index (χ0n) is 14.9. The van der Waals surface area contributed by atoms with Crippen LogP contribution in [0.3, 0.4) is 0 Å². The van der Waals surface area contributed by atoms with E-state index < -0.39 is 0 Å². The van der Waals surface area contributed by atoms with Crippen molar-refractivity contribution in [3.63, 3.8) is 0 Å². The summed E-state index contributed by atoms with van der Waals surface area (Å²) < 4.78 is 6.69. The van der Waals surface area contributed by atoms with Gasteiger partial charge in [0.2, 0.25) is 5.91 Å². The Labute approximate surface area is 151 Å². The molecule has 3 aromatic rings. The van der Waals surface area contributed by atoms with Crippen LogP contribution < -0.4 is 10.9 Å². The van der Waals surface area contributed by atoms with Crippen molar-refractivity contribution in [2.24, 2.45) is 0 Å². The summed E-state index contributed by atoms with van der Waals surface area (Å²) in [7, 11) is 1.61. The van der Waals surface area contributed by atoms with Crippen LogP contribution in [0.1, 0.15) is 17.8 Å². The number of carbonyl (C=O) groups excluding carboxylic acids is 1. The molecule has 0 bridgehead atoms. The van der Waals surface area contributed by atoms with E-state index in [-0.39, 0.29) is 24.4 Å². The van der Waals surface area contributed by atoms with Crippen LogP contribution in [0.15, 0.2) is 53.3 Å². The number of fused-ring (bicyclic) bond motifs is 1. The molecule has 0 atom stereocenters. The van der Waals surface area contributed by atoms with Gasteiger partial charge in [0, 0.05) is 31.3 Å². The van der Waals surface area contributed by atoms with E-state index in [0.29, 0.717) is 23.3 Å². The Morgan fingerprint density at radius 1 is 1.15 bits per heavy atom. The van der Waals surface area contributed by atoms with Crippen molar-refractivity contribution in [3.8, 4) is 0 Å². The number of aryl methyl sites for hydroxylation is 1. The third-order valence-electron chi connectivity index (χ3n) is 4.21. The van der Waals surface area contributed by atoms with Crippen molar-refractivity contribution >= 4 is 22.5 Å². The highest BCUT2D eigenvalue weighted by molar-refractivity contribution is 5.91. The van der Waals surface area contributed by atoms with Gasteiger partial charge in [-0.15, -0.1) is 0 Å². The van der Waals surface area contributed by atoms with Crippen LogP contribution in [-0.2, 0) is 22.7 Å². The van der Waals surface area contributed by atoms with E-state index in [1.165, 1.54) is 0 Å². The van der Waals surface area contributed by atoms with Gasteiger partial charge in [0.15, 0.2) is 0 Å². The quantitative estimate of drug-likeness (QED) is 0.741. The minimum absolute atomic E-state index is 0.124. The molecule has 0 saturated carbocycles. The molecule has 134 valence electrons. The van der Waals surface area contributed by atoms with Crippen LogP contribution in [0.5, 0.6) is 0 Å². The molecule has 3 rings (SSSR count). The first kappa shape index (κ1) is 17.8. The highest BCUT2D eigenvalue weighted by Crippen LogP contribution is 2.16. The third-order valence-corrected chi connectivity index (χ3v) is 4.21. The van der Waals surface area contributed by atoms with Gasteiger partial charge in [-0.1, -0.05) is 30.3 Å². The van der Waals surface area contributed by atoms with Gasteiger partial charge >= 0.3 is 0 Å². The lowest BCUT2D eigenvalue weighted by molar-refractivity contribution is -0.116. The predicted octanol–water partition coefficient (Wildman–Crippen LogP) is 2.88. The fraction of sp³-hybridized carbons (Fsp3) is 0.250. The number of benzene rings is 2. The van der Waals surface area contributed by atoms with E-state index in [1.807, 2.05) is 42.5 Å². The summed E-state index contributed by atoms with van der Waals surface area (Å²) in [4.78, 5) is 29.4. The predicted molar refractivity (Wildman–Crippen MR) is 101 cm³/mol. The van der Waals surface area contributed by atoms with E-state index in [2.05, 4.69) is 10.3 Å². The number of methoxy groups -OCH3 is 1. The second-order valence-corrected chi connectivity index (χ2v) is 6.02. The number of para-hydroxylation sites is 2. The molecule has 0 radical (unpaired) electrons. The zero-order valence-corrected chi connectivity index (χ0v) is 14.9. The van der Waals surface area contributed by atoms with Crippen LogP contribution in [0.2, 0.25) is 0 Å². The molecule has 0 saturated heterocycles. The first-order chi connectivity index (χ1) is 12.6. The first-order valence-corrected chi connectivity index (χ1v) is 8.43. The molecule has 1 N–H and O–H groups in total. The van der Waals surface area contributed by atoms with E-state index in [9.17, 15) is 9.59 Å². The number of aromatic nitrogens is 2. The summed E-state index contributed by atoms with van der Waals surface area (Å²) in [6.45, 7) is 2.48. The summed E-state index contributed by atoms with van der Waals surface area (Å²) in [6.07, 6.45) is 0.183. The Kier molecular flexibility index (Phi) is 5.43. The Morgan fingerprint density at radius 2 is 1.88 bits per heavy atom. The molecule has 6 nitrogen and oxygen atoms in total. The lowest BCUT2D eigenvalue weighted by Gasteiger charge is -2.12. The number of nitrogens with zero attached hydrogens (tertiary/aromatic N) is 2. The normalized spacial score (nSPS) is 10.8. The minimum atomic E-state index is -0.159. The molecular weight excluding hydrogens is 330 g/mol. The number of ether oxygens (including phenoxy) is 1. The minimum Gasteiger partial charge on any atom is -0.380 e. The smallest absolute Gasteiger partial charge is 0.261 e. The van der Waals surface area contributed by atoms with Gasteiger partial charge in [-0.2, -0.15) is 0 Å². The Hall–Kier alpha value is -2.99. The molecule has 6 heteroatoms. The Morgan fingerprint density at radius 3 is 2.69 bits per heavy atom. The number of rotatable bonds is 6. The van der Waals surface area contributed by atoms with Gasteiger partial charge in [0.1, 0.15) is 5.82 Å². The standard InChI is InChI=1S/C20H21N3O3/c1-14-21-18-10-6-4-8-16(18)20(25)23(14)12-11-19(24)22-17-9-5-3-7-15(17)13-26-2/h3-10H,11-13H2,1-2H3,(H,22,24). The average Bonchev–Trinajstić information content (AvgIpc) is 2.63. The molecule has 1 amide bonds. The second kappa shape index (κ2) is 7.93. The molecule has 26 heavy (non-hydrogen) atoms. The molecule has 1 heterocycles. The van der Waals surface area contributed by atoms with Crippen molar-refractivity contribution in [2.45, 2.75) is 26.5 Å². The molecular formula is C20H21N3O3. The molecule has 2 aromatic carbocycles. The molecule has 0 fully saturated rings. The summed E-state index contributed by atoms with van der Waals surface area (Å²) >= 11 is 0. The van der Waals surface area contributed by atoms with Crippen molar-refractivity contribution < 1.29 is 9.53 Å². The van der Waals surface area contributed by atoms with Gasteiger partial charge < -0.3 is 10.1 Å². The van der Waals surface area contributed by atoms with Crippen LogP contribution in [0.25, 0.3) is 10.9 Å². The van der Waals surface area contributed by atoms with E-state index in [0.717, 1.165) is 11.3 Å². The van der Waals surface area contributed by atoms with E-state index in [1.54, 1.807) is 24.7 Å². The van der Waals surface area contributed by atoms with Gasteiger partial charge in [-0.05, 0) is 25.1 Å². The van der Waals surface area contributed by atoms with Gasteiger partial charge in [0.05, 0.1) is 17.5 Å². The topological polar surface area (TPSA) is 73.2 Å². The van der Waals surface area contributed by atoms with Crippen molar-refractivity contribution in [3.05, 3.63) is 70.3 Å². The lowest BCUT2D eigenvalue weighted by Crippen LogP contribution is -2.26. The number of amides is 1. The third kappa shape index (κ3) is 3.81. The van der Waals surface area contributed by atoms with Gasteiger partial charge in [-0.3, -0.25) is 14.2 Å².